The molecule has 0 saturated heterocycles. The lowest BCUT2D eigenvalue weighted by atomic mass is 10.2. The molecular weight excluding hydrogens is 344 g/mol. The number of amides is 1. The van der Waals surface area contributed by atoms with Gasteiger partial charge in [0.05, 0.1) is 6.54 Å². The molecule has 26 heavy (non-hydrogen) atoms. The second-order valence-electron chi connectivity index (χ2n) is 5.45. The van der Waals surface area contributed by atoms with E-state index in [0.29, 0.717) is 0 Å². The third-order valence-electron chi connectivity index (χ3n) is 3.69. The van der Waals surface area contributed by atoms with Gasteiger partial charge in [0.2, 0.25) is 0 Å². The number of aromatic nitrogens is 2. The molecule has 3 aromatic rings. The van der Waals surface area contributed by atoms with Crippen molar-refractivity contribution in [3.8, 4) is 0 Å². The van der Waals surface area contributed by atoms with E-state index in [1.54, 1.807) is 6.07 Å². The highest BCUT2D eigenvalue weighted by molar-refractivity contribution is 6.03. The van der Waals surface area contributed by atoms with Gasteiger partial charge in [0.1, 0.15) is 17.2 Å². The van der Waals surface area contributed by atoms with E-state index in [0.717, 1.165) is 22.9 Å². The van der Waals surface area contributed by atoms with Crippen molar-refractivity contribution in [1.29, 1.82) is 0 Å². The maximum absolute atomic E-state index is 13.8. The topological polar surface area (TPSA) is 84.0 Å². The number of carbonyl (C=O) groups excluding carboxylic acids is 1. The summed E-state index contributed by atoms with van der Waals surface area (Å²) in [5.41, 5.74) is -1.54. The van der Waals surface area contributed by atoms with Crippen molar-refractivity contribution in [2.45, 2.75) is 6.54 Å². The molecule has 0 unspecified atom stereocenters. The van der Waals surface area contributed by atoms with Crippen molar-refractivity contribution in [2.24, 2.45) is 0 Å². The molecule has 1 amide bonds. The quantitative estimate of drug-likeness (QED) is 0.750. The second kappa shape index (κ2) is 7.14. The fraction of sp³-hybridized carbons (Fsp3) is 0.0556. The predicted octanol–water partition coefficient (Wildman–Crippen LogP) is 2.12. The van der Waals surface area contributed by atoms with Crippen LogP contribution in [0.3, 0.4) is 0 Å². The van der Waals surface area contributed by atoms with Crippen LogP contribution < -0.4 is 16.6 Å². The molecule has 0 fully saturated rings. The molecule has 2 N–H and O–H groups in total. The van der Waals surface area contributed by atoms with Crippen molar-refractivity contribution >= 4 is 11.6 Å². The Morgan fingerprint density at radius 3 is 2.42 bits per heavy atom. The fourth-order valence-electron chi connectivity index (χ4n) is 2.35. The molecule has 0 radical (unpaired) electrons. The maximum Gasteiger partial charge on any atom is 0.328 e. The summed E-state index contributed by atoms with van der Waals surface area (Å²) in [5, 5.41) is 2.43. The van der Waals surface area contributed by atoms with Crippen LogP contribution in [0, 0.1) is 11.6 Å². The van der Waals surface area contributed by atoms with Gasteiger partial charge in [0.15, 0.2) is 0 Å². The Kier molecular flexibility index (Phi) is 4.74. The Labute approximate surface area is 145 Å². The molecule has 1 aromatic heterocycles. The minimum atomic E-state index is -0.864. The van der Waals surface area contributed by atoms with Gasteiger partial charge in [-0.05, 0) is 30.3 Å². The molecule has 0 saturated carbocycles. The summed E-state index contributed by atoms with van der Waals surface area (Å²) in [6.45, 7) is -0.321. The standard InChI is InChI=1S/C18H13F2N3O3/c19-12-5-7-13(8-6-12)22-16(24)14-9-21-18(26)23(17(14)25)10-11-3-1-2-4-15(11)20/h1-9H,10H2,(H,21,26)(H,22,24). The number of rotatable bonds is 4. The predicted molar refractivity (Wildman–Crippen MR) is 91.2 cm³/mol. The first-order chi connectivity index (χ1) is 12.5. The van der Waals surface area contributed by atoms with E-state index >= 15 is 0 Å². The van der Waals surface area contributed by atoms with E-state index in [1.807, 2.05) is 0 Å². The number of carbonyl (C=O) groups is 1. The highest BCUT2D eigenvalue weighted by Crippen LogP contribution is 2.09. The fourth-order valence-corrected chi connectivity index (χ4v) is 2.35. The highest BCUT2D eigenvalue weighted by Gasteiger charge is 2.16. The van der Waals surface area contributed by atoms with Crippen LogP contribution in [0.2, 0.25) is 0 Å². The molecule has 0 aliphatic heterocycles. The minimum absolute atomic E-state index is 0.135. The first-order valence-electron chi connectivity index (χ1n) is 7.58. The van der Waals surface area contributed by atoms with Crippen LogP contribution in [-0.2, 0) is 6.54 Å². The molecule has 0 aliphatic rings. The molecule has 0 aliphatic carbocycles. The van der Waals surface area contributed by atoms with Crippen LogP contribution in [0.4, 0.5) is 14.5 Å². The van der Waals surface area contributed by atoms with Gasteiger partial charge in [-0.3, -0.25) is 14.2 Å². The second-order valence-corrected chi connectivity index (χ2v) is 5.45. The van der Waals surface area contributed by atoms with Gasteiger partial charge in [0.25, 0.3) is 11.5 Å². The third kappa shape index (κ3) is 3.59. The summed E-state index contributed by atoms with van der Waals surface area (Å²) in [6.07, 6.45) is 0.987. The summed E-state index contributed by atoms with van der Waals surface area (Å²) in [5.74, 6) is -1.82. The third-order valence-corrected chi connectivity index (χ3v) is 3.69. The summed E-state index contributed by atoms with van der Waals surface area (Å²) in [4.78, 5) is 39.0. The van der Waals surface area contributed by atoms with E-state index in [1.165, 1.54) is 30.3 Å². The molecule has 1 heterocycles. The molecular formula is C18H13F2N3O3. The van der Waals surface area contributed by atoms with Crippen molar-refractivity contribution in [2.75, 3.05) is 5.32 Å². The lowest BCUT2D eigenvalue weighted by Crippen LogP contribution is -2.39. The Bertz CT molecular complexity index is 1070. The van der Waals surface area contributed by atoms with E-state index in [-0.39, 0.29) is 23.4 Å². The smallest absolute Gasteiger partial charge is 0.322 e. The number of nitrogens with one attached hydrogen (secondary N) is 2. The lowest BCUT2D eigenvalue weighted by molar-refractivity contribution is 0.102. The van der Waals surface area contributed by atoms with E-state index < -0.39 is 28.8 Å². The summed E-state index contributed by atoms with van der Waals surface area (Å²) in [6, 6.07) is 10.7. The Balaban J connectivity index is 1.93. The van der Waals surface area contributed by atoms with Crippen LogP contribution in [0.25, 0.3) is 0 Å². The van der Waals surface area contributed by atoms with Gasteiger partial charge >= 0.3 is 5.69 Å². The van der Waals surface area contributed by atoms with Crippen molar-refractivity contribution < 1.29 is 13.6 Å². The molecule has 3 rings (SSSR count). The Morgan fingerprint density at radius 1 is 1.04 bits per heavy atom. The average Bonchev–Trinajstić information content (AvgIpc) is 2.62. The van der Waals surface area contributed by atoms with Gasteiger partial charge in [0, 0.05) is 17.4 Å². The summed E-state index contributed by atoms with van der Waals surface area (Å²) in [7, 11) is 0. The SMILES string of the molecule is O=C(Nc1ccc(F)cc1)c1c[nH]c(=O)n(Cc2ccccc2F)c1=O. The van der Waals surface area contributed by atoms with Gasteiger partial charge in [-0.1, -0.05) is 18.2 Å². The van der Waals surface area contributed by atoms with Crippen molar-refractivity contribution in [1.82, 2.24) is 9.55 Å². The highest BCUT2D eigenvalue weighted by atomic mass is 19.1. The molecule has 0 atom stereocenters. The van der Waals surface area contributed by atoms with E-state index in [2.05, 4.69) is 10.3 Å². The molecule has 6 nitrogen and oxygen atoms in total. The first-order valence-corrected chi connectivity index (χ1v) is 7.58. The van der Waals surface area contributed by atoms with E-state index in [4.69, 9.17) is 0 Å². The number of aromatic amines is 1. The van der Waals surface area contributed by atoms with E-state index in [9.17, 15) is 23.2 Å². The van der Waals surface area contributed by atoms with Crippen LogP contribution in [0.1, 0.15) is 15.9 Å². The number of nitrogens with zero attached hydrogens (tertiary/aromatic N) is 1. The molecule has 8 heteroatoms. The number of H-pyrrole nitrogens is 1. The van der Waals surface area contributed by atoms with Gasteiger partial charge in [-0.2, -0.15) is 0 Å². The number of hydrogen-bond donors (Lipinski definition) is 2. The number of hydrogen-bond acceptors (Lipinski definition) is 3. The molecule has 132 valence electrons. The van der Waals surface area contributed by atoms with Gasteiger partial charge < -0.3 is 10.3 Å². The molecule has 2 aromatic carbocycles. The minimum Gasteiger partial charge on any atom is -0.322 e. The maximum atomic E-state index is 13.8. The van der Waals surface area contributed by atoms with Gasteiger partial charge in [-0.15, -0.1) is 0 Å². The average molecular weight is 357 g/mol. The Hall–Kier alpha value is -3.55. The zero-order valence-electron chi connectivity index (χ0n) is 13.3. The largest absolute Gasteiger partial charge is 0.328 e. The Morgan fingerprint density at radius 2 is 1.73 bits per heavy atom. The molecule has 0 spiro atoms. The normalized spacial score (nSPS) is 10.5. The van der Waals surface area contributed by atoms with Crippen LogP contribution >= 0.6 is 0 Å². The zero-order valence-corrected chi connectivity index (χ0v) is 13.3. The number of halogens is 2. The number of anilines is 1. The first kappa shape index (κ1) is 17.3. The summed E-state index contributed by atoms with van der Waals surface area (Å²) < 4.78 is 27.4. The van der Waals surface area contributed by atoms with Crippen molar-refractivity contribution in [3.05, 3.63) is 98.3 Å². The zero-order chi connectivity index (χ0) is 18.7. The van der Waals surface area contributed by atoms with Crippen LogP contribution in [0.5, 0.6) is 0 Å². The van der Waals surface area contributed by atoms with Crippen LogP contribution in [0.15, 0.2) is 64.3 Å². The van der Waals surface area contributed by atoms with Crippen LogP contribution in [-0.4, -0.2) is 15.5 Å². The molecule has 0 bridgehead atoms. The number of benzene rings is 2. The lowest BCUT2D eigenvalue weighted by Gasteiger charge is -2.09. The summed E-state index contributed by atoms with van der Waals surface area (Å²) >= 11 is 0. The van der Waals surface area contributed by atoms with Crippen molar-refractivity contribution in [3.63, 3.8) is 0 Å². The van der Waals surface area contributed by atoms with Gasteiger partial charge in [-0.25, -0.2) is 13.6 Å². The monoisotopic (exact) mass is 357 g/mol.